The largest absolute Gasteiger partial charge is 0.497 e. The van der Waals surface area contributed by atoms with Gasteiger partial charge in [0.1, 0.15) is 27.5 Å². The van der Waals surface area contributed by atoms with Gasteiger partial charge in [0.05, 0.1) is 25.2 Å². The number of piperidine rings is 1. The van der Waals surface area contributed by atoms with Crippen molar-refractivity contribution in [2.75, 3.05) is 37.5 Å². The van der Waals surface area contributed by atoms with Crippen molar-refractivity contribution in [3.63, 3.8) is 0 Å². The quantitative estimate of drug-likeness (QED) is 0.650. The molecule has 9 heteroatoms. The molecule has 1 atom stereocenters. The third-order valence-electron chi connectivity index (χ3n) is 4.95. The smallest absolute Gasteiger partial charge is 0.229 e. The Morgan fingerprint density at radius 1 is 1.34 bits per heavy atom. The maximum Gasteiger partial charge on any atom is 0.229 e. The van der Waals surface area contributed by atoms with E-state index < -0.39 is 0 Å². The first kappa shape index (κ1) is 19.7. The number of carbonyl (C=O) groups is 1. The summed E-state index contributed by atoms with van der Waals surface area (Å²) in [7, 11) is 3.09. The third kappa shape index (κ3) is 4.09. The highest BCUT2D eigenvalue weighted by Crippen LogP contribution is 2.38. The van der Waals surface area contributed by atoms with Gasteiger partial charge in [-0.3, -0.25) is 4.79 Å². The molecule has 1 saturated heterocycles. The van der Waals surface area contributed by atoms with E-state index in [1.165, 1.54) is 7.11 Å². The summed E-state index contributed by atoms with van der Waals surface area (Å²) in [6.07, 6.45) is 3.49. The molecule has 0 bridgehead atoms. The summed E-state index contributed by atoms with van der Waals surface area (Å²) in [6.45, 7) is 1.47. The lowest BCUT2D eigenvalue weighted by Gasteiger charge is -2.31. The van der Waals surface area contributed by atoms with Crippen molar-refractivity contribution in [2.24, 2.45) is 5.92 Å². The van der Waals surface area contributed by atoms with Gasteiger partial charge >= 0.3 is 0 Å². The number of amides is 1. The van der Waals surface area contributed by atoms with E-state index in [0.29, 0.717) is 28.8 Å². The van der Waals surface area contributed by atoms with E-state index in [-0.39, 0.29) is 11.8 Å². The molecule has 0 spiro atoms. The number of carbonyl (C=O) groups excluding carboxylic acids is 1. The molecule has 1 aromatic carbocycles. The summed E-state index contributed by atoms with van der Waals surface area (Å²) in [5, 5.41) is 4.22. The first-order valence-corrected chi connectivity index (χ1v) is 10.5. The average molecular weight is 433 g/mol. The zero-order valence-corrected chi connectivity index (χ0v) is 17.7. The zero-order chi connectivity index (χ0) is 20.4. The summed E-state index contributed by atoms with van der Waals surface area (Å²) in [5.74, 6) is 0.775. The highest BCUT2D eigenvalue weighted by molar-refractivity contribution is 7.21. The molecular formula is C20H21ClN4O3S. The highest BCUT2D eigenvalue weighted by Gasteiger charge is 2.28. The monoisotopic (exact) mass is 432 g/mol. The van der Waals surface area contributed by atoms with Crippen molar-refractivity contribution in [1.82, 2.24) is 9.97 Å². The number of nitrogens with one attached hydrogen (secondary N) is 1. The lowest BCUT2D eigenvalue weighted by molar-refractivity contribution is -0.120. The Kier molecular flexibility index (Phi) is 5.73. The summed E-state index contributed by atoms with van der Waals surface area (Å²) in [5.41, 5.74) is 1.34. The van der Waals surface area contributed by atoms with Crippen molar-refractivity contribution < 1.29 is 14.3 Å². The van der Waals surface area contributed by atoms with Crippen molar-refractivity contribution >= 4 is 50.0 Å². The van der Waals surface area contributed by atoms with Crippen LogP contribution in [0.25, 0.3) is 10.3 Å². The SMILES string of the molecule is COc1cc(Cl)c(NC(=O)[C@H]2CCCN(c3nc4cccnc4s3)C2)c(OC)c1. The first-order valence-electron chi connectivity index (χ1n) is 9.28. The van der Waals surface area contributed by atoms with Gasteiger partial charge in [0.25, 0.3) is 0 Å². The van der Waals surface area contributed by atoms with E-state index in [2.05, 4.69) is 20.2 Å². The van der Waals surface area contributed by atoms with Crippen LogP contribution in [-0.2, 0) is 4.79 Å². The van der Waals surface area contributed by atoms with Gasteiger partial charge in [-0.25, -0.2) is 9.97 Å². The summed E-state index contributed by atoms with van der Waals surface area (Å²) in [4.78, 5) is 25.1. The average Bonchev–Trinajstić information content (AvgIpc) is 3.19. The maximum atomic E-state index is 13.0. The van der Waals surface area contributed by atoms with E-state index in [4.69, 9.17) is 21.1 Å². The molecule has 0 unspecified atom stereocenters. The molecule has 1 aliphatic heterocycles. The summed E-state index contributed by atoms with van der Waals surface area (Å²) < 4.78 is 10.6. The van der Waals surface area contributed by atoms with Crippen LogP contribution in [0.3, 0.4) is 0 Å². The van der Waals surface area contributed by atoms with E-state index in [9.17, 15) is 4.79 Å². The second-order valence-corrected chi connectivity index (χ2v) is 8.15. The second-order valence-electron chi connectivity index (χ2n) is 6.79. The van der Waals surface area contributed by atoms with E-state index >= 15 is 0 Å². The molecule has 3 aromatic rings. The fourth-order valence-electron chi connectivity index (χ4n) is 3.44. The Hall–Kier alpha value is -2.58. The molecule has 1 aliphatic rings. The lowest BCUT2D eigenvalue weighted by atomic mass is 9.97. The molecular weight excluding hydrogens is 412 g/mol. The molecule has 0 radical (unpaired) electrons. The van der Waals surface area contributed by atoms with Crippen LogP contribution in [-0.4, -0.2) is 43.2 Å². The summed E-state index contributed by atoms with van der Waals surface area (Å²) >= 11 is 7.90. The maximum absolute atomic E-state index is 13.0. The standard InChI is InChI=1S/C20H21ClN4O3S/c1-27-13-9-14(21)17(16(10-13)28-2)24-18(26)12-5-4-8-25(11-12)20-23-15-6-3-7-22-19(15)29-20/h3,6-7,9-10,12H,4-5,8,11H2,1-2H3,(H,24,26)/t12-/m0/s1. The minimum atomic E-state index is -0.174. The number of hydrogen-bond donors (Lipinski definition) is 1. The van der Waals surface area contributed by atoms with Crippen LogP contribution in [0.4, 0.5) is 10.8 Å². The topological polar surface area (TPSA) is 76.6 Å². The second kappa shape index (κ2) is 8.42. The molecule has 1 fully saturated rings. The van der Waals surface area contributed by atoms with Gasteiger partial charge in [-0.1, -0.05) is 22.9 Å². The molecule has 1 amide bonds. The third-order valence-corrected chi connectivity index (χ3v) is 6.29. The van der Waals surface area contributed by atoms with Gasteiger partial charge in [-0.2, -0.15) is 0 Å². The minimum Gasteiger partial charge on any atom is -0.497 e. The fraction of sp³-hybridized carbons (Fsp3) is 0.350. The predicted octanol–water partition coefficient (Wildman–Crippen LogP) is 4.22. The number of nitrogens with zero attached hydrogens (tertiary/aromatic N) is 3. The van der Waals surface area contributed by atoms with Gasteiger partial charge in [0.15, 0.2) is 5.13 Å². The Morgan fingerprint density at radius 2 is 2.21 bits per heavy atom. The minimum absolute atomic E-state index is 0.0840. The number of benzene rings is 1. The number of anilines is 2. The number of pyridine rings is 1. The Morgan fingerprint density at radius 3 is 2.97 bits per heavy atom. The lowest BCUT2D eigenvalue weighted by Crippen LogP contribution is -2.40. The van der Waals surface area contributed by atoms with Gasteiger partial charge in [0.2, 0.25) is 5.91 Å². The number of ether oxygens (including phenoxy) is 2. The number of halogens is 1. The van der Waals surface area contributed by atoms with Crippen LogP contribution in [0.2, 0.25) is 5.02 Å². The van der Waals surface area contributed by atoms with Gasteiger partial charge in [-0.05, 0) is 25.0 Å². The van der Waals surface area contributed by atoms with Crippen molar-refractivity contribution in [1.29, 1.82) is 0 Å². The number of thiazole rings is 1. The Balaban J connectivity index is 1.50. The van der Waals surface area contributed by atoms with Crippen LogP contribution >= 0.6 is 22.9 Å². The van der Waals surface area contributed by atoms with Crippen LogP contribution in [0.5, 0.6) is 11.5 Å². The van der Waals surface area contributed by atoms with Crippen LogP contribution in [0.15, 0.2) is 30.5 Å². The van der Waals surface area contributed by atoms with E-state index in [1.807, 2.05) is 12.1 Å². The molecule has 29 heavy (non-hydrogen) atoms. The molecule has 152 valence electrons. The normalized spacial score (nSPS) is 16.7. The molecule has 3 heterocycles. The Bertz CT molecular complexity index is 1010. The van der Waals surface area contributed by atoms with E-state index in [1.54, 1.807) is 36.8 Å². The van der Waals surface area contributed by atoms with Crippen LogP contribution in [0.1, 0.15) is 12.8 Å². The molecule has 0 aliphatic carbocycles. The van der Waals surface area contributed by atoms with Gasteiger partial charge in [0, 0.05) is 31.4 Å². The van der Waals surface area contributed by atoms with E-state index in [0.717, 1.165) is 34.9 Å². The molecule has 1 N–H and O–H groups in total. The summed E-state index contributed by atoms with van der Waals surface area (Å²) in [6, 6.07) is 7.18. The number of hydrogen-bond acceptors (Lipinski definition) is 7. The number of fused-ring (bicyclic) bond motifs is 1. The zero-order valence-electron chi connectivity index (χ0n) is 16.1. The molecule has 0 saturated carbocycles. The van der Waals surface area contributed by atoms with Crippen molar-refractivity contribution in [2.45, 2.75) is 12.8 Å². The van der Waals surface area contributed by atoms with Crippen molar-refractivity contribution in [3.05, 3.63) is 35.5 Å². The first-order chi connectivity index (χ1) is 14.1. The van der Waals surface area contributed by atoms with Crippen LogP contribution in [0, 0.1) is 5.92 Å². The van der Waals surface area contributed by atoms with Gasteiger partial charge < -0.3 is 19.7 Å². The predicted molar refractivity (Wildman–Crippen MR) is 116 cm³/mol. The molecule has 7 nitrogen and oxygen atoms in total. The number of aromatic nitrogens is 2. The number of rotatable bonds is 5. The van der Waals surface area contributed by atoms with Crippen molar-refractivity contribution in [3.8, 4) is 11.5 Å². The number of methoxy groups -OCH3 is 2. The van der Waals surface area contributed by atoms with Crippen LogP contribution < -0.4 is 19.7 Å². The highest BCUT2D eigenvalue weighted by atomic mass is 35.5. The molecule has 4 rings (SSSR count). The molecule has 2 aromatic heterocycles. The fourth-order valence-corrected chi connectivity index (χ4v) is 4.63. The Labute approximate surface area is 177 Å². The van der Waals surface area contributed by atoms with Gasteiger partial charge in [-0.15, -0.1) is 0 Å².